The van der Waals surface area contributed by atoms with Gasteiger partial charge in [0, 0.05) is 18.1 Å². The van der Waals surface area contributed by atoms with Crippen molar-refractivity contribution in [3.63, 3.8) is 0 Å². The number of hydrogen-bond acceptors (Lipinski definition) is 1. The summed E-state index contributed by atoms with van der Waals surface area (Å²) in [6.45, 7) is 0.828. The molecule has 0 amide bonds. The Kier molecular flexibility index (Phi) is 5.88. The molecule has 2 aromatic carbocycles. The quantitative estimate of drug-likeness (QED) is 0.807. The Morgan fingerprint density at radius 3 is 2.24 bits per heavy atom. The molecule has 2 rings (SSSR count). The molecule has 0 aliphatic heterocycles. The van der Waals surface area contributed by atoms with Crippen molar-refractivity contribution in [3.05, 3.63) is 65.7 Å². The average molecular weight is 268 g/mol. The van der Waals surface area contributed by atoms with Crippen molar-refractivity contribution in [3.8, 4) is 0 Å². The molecule has 0 aliphatic rings. The highest BCUT2D eigenvalue weighted by Gasteiger charge is 1.99. The molecular weight excluding hydrogens is 253 g/mol. The smallest absolute Gasteiger partial charge is 0.0494 e. The van der Waals surface area contributed by atoms with E-state index in [2.05, 4.69) is 23.5 Å². The maximum Gasteiger partial charge on any atom is 0.0494 e. The van der Waals surface area contributed by atoms with Crippen molar-refractivity contribution in [1.82, 2.24) is 0 Å². The fourth-order valence-corrected chi connectivity index (χ4v) is 1.84. The van der Waals surface area contributed by atoms with Crippen LogP contribution in [0.3, 0.4) is 0 Å². The Morgan fingerprint density at radius 2 is 1.53 bits per heavy atom. The molecule has 0 aromatic heterocycles. The fourth-order valence-electron chi connectivity index (χ4n) is 1.60. The summed E-state index contributed by atoms with van der Waals surface area (Å²) < 4.78 is 0. The third-order valence-corrected chi connectivity index (χ3v) is 2.78. The molecule has 0 aliphatic carbocycles. The SMILES string of the molecule is Cl.ClCc1ccccc1NCc1ccccc1. The van der Waals surface area contributed by atoms with Gasteiger partial charge in [0.15, 0.2) is 0 Å². The summed E-state index contributed by atoms with van der Waals surface area (Å²) in [7, 11) is 0. The van der Waals surface area contributed by atoms with E-state index < -0.39 is 0 Å². The van der Waals surface area contributed by atoms with E-state index in [9.17, 15) is 0 Å². The van der Waals surface area contributed by atoms with Gasteiger partial charge in [0.1, 0.15) is 0 Å². The van der Waals surface area contributed by atoms with Crippen LogP contribution in [-0.2, 0) is 12.4 Å². The van der Waals surface area contributed by atoms with Crippen LogP contribution in [-0.4, -0.2) is 0 Å². The molecule has 0 heterocycles. The molecule has 0 unspecified atom stereocenters. The topological polar surface area (TPSA) is 12.0 Å². The maximum absolute atomic E-state index is 5.87. The number of nitrogens with one attached hydrogen (secondary N) is 1. The third kappa shape index (κ3) is 3.95. The van der Waals surface area contributed by atoms with E-state index in [0.717, 1.165) is 17.8 Å². The molecule has 1 N–H and O–H groups in total. The van der Waals surface area contributed by atoms with Crippen molar-refractivity contribution in [2.24, 2.45) is 0 Å². The molecule has 17 heavy (non-hydrogen) atoms. The van der Waals surface area contributed by atoms with Crippen LogP contribution < -0.4 is 5.32 Å². The summed E-state index contributed by atoms with van der Waals surface area (Å²) in [6, 6.07) is 18.5. The lowest BCUT2D eigenvalue weighted by Crippen LogP contribution is -2.01. The molecule has 2 aromatic rings. The largest absolute Gasteiger partial charge is 0.381 e. The second kappa shape index (κ2) is 7.21. The lowest BCUT2D eigenvalue weighted by molar-refractivity contribution is 1.14. The van der Waals surface area contributed by atoms with Gasteiger partial charge in [-0.25, -0.2) is 0 Å². The zero-order valence-corrected chi connectivity index (χ0v) is 11.0. The standard InChI is InChI=1S/C14H14ClN.ClH/c15-10-13-8-4-5-9-14(13)16-11-12-6-2-1-3-7-12;/h1-9,16H,10-11H2;1H. The average Bonchev–Trinajstić information content (AvgIpc) is 2.38. The van der Waals surface area contributed by atoms with Gasteiger partial charge in [0.2, 0.25) is 0 Å². The van der Waals surface area contributed by atoms with Gasteiger partial charge >= 0.3 is 0 Å². The highest BCUT2D eigenvalue weighted by atomic mass is 35.5. The van der Waals surface area contributed by atoms with Gasteiger partial charge in [-0.1, -0.05) is 48.5 Å². The second-order valence-corrected chi connectivity index (χ2v) is 3.90. The van der Waals surface area contributed by atoms with Gasteiger partial charge < -0.3 is 5.32 Å². The van der Waals surface area contributed by atoms with Gasteiger partial charge in [-0.2, -0.15) is 0 Å². The summed E-state index contributed by atoms with van der Waals surface area (Å²) in [5, 5.41) is 3.40. The van der Waals surface area contributed by atoms with Crippen LogP contribution in [0, 0.1) is 0 Å². The number of para-hydroxylation sites is 1. The molecule has 0 radical (unpaired) electrons. The number of benzene rings is 2. The fraction of sp³-hybridized carbons (Fsp3) is 0.143. The van der Waals surface area contributed by atoms with Gasteiger partial charge in [-0.05, 0) is 17.2 Å². The number of rotatable bonds is 4. The van der Waals surface area contributed by atoms with Crippen LogP contribution >= 0.6 is 24.0 Å². The summed E-state index contributed by atoms with van der Waals surface area (Å²) in [5.41, 5.74) is 3.52. The minimum absolute atomic E-state index is 0. The van der Waals surface area contributed by atoms with Crippen LogP contribution in [0.15, 0.2) is 54.6 Å². The zero-order valence-electron chi connectivity index (χ0n) is 9.40. The van der Waals surface area contributed by atoms with E-state index in [-0.39, 0.29) is 12.4 Å². The number of halogens is 2. The van der Waals surface area contributed by atoms with Crippen LogP contribution in [0.1, 0.15) is 11.1 Å². The van der Waals surface area contributed by atoms with Gasteiger partial charge in [-0.15, -0.1) is 24.0 Å². The molecule has 1 nitrogen and oxygen atoms in total. The summed E-state index contributed by atoms with van der Waals surface area (Å²) in [4.78, 5) is 0. The van der Waals surface area contributed by atoms with Crippen LogP contribution in [0.25, 0.3) is 0 Å². The predicted octanol–water partition coefficient (Wildman–Crippen LogP) is 4.46. The molecule has 0 saturated heterocycles. The molecule has 0 atom stereocenters. The Morgan fingerprint density at radius 1 is 0.882 bits per heavy atom. The van der Waals surface area contributed by atoms with Crippen LogP contribution in [0.4, 0.5) is 5.69 Å². The summed E-state index contributed by atoms with van der Waals surface area (Å²) in [5.74, 6) is 0.540. The minimum Gasteiger partial charge on any atom is -0.381 e. The van der Waals surface area contributed by atoms with Crippen molar-refractivity contribution in [1.29, 1.82) is 0 Å². The number of anilines is 1. The maximum atomic E-state index is 5.87. The summed E-state index contributed by atoms with van der Waals surface area (Å²) >= 11 is 5.87. The first-order valence-electron chi connectivity index (χ1n) is 5.32. The normalized spacial score (nSPS) is 9.47. The van der Waals surface area contributed by atoms with Gasteiger partial charge in [0.05, 0.1) is 0 Å². The molecule has 0 spiro atoms. The highest BCUT2D eigenvalue weighted by molar-refractivity contribution is 6.17. The van der Waals surface area contributed by atoms with E-state index in [1.165, 1.54) is 5.56 Å². The van der Waals surface area contributed by atoms with Crippen LogP contribution in [0.2, 0.25) is 0 Å². The summed E-state index contributed by atoms with van der Waals surface area (Å²) in [6.07, 6.45) is 0. The van der Waals surface area contributed by atoms with Crippen molar-refractivity contribution in [2.75, 3.05) is 5.32 Å². The minimum atomic E-state index is 0. The lowest BCUT2D eigenvalue weighted by atomic mass is 10.2. The Balaban J connectivity index is 0.00000144. The first kappa shape index (κ1) is 13.9. The van der Waals surface area contributed by atoms with Crippen LogP contribution in [0.5, 0.6) is 0 Å². The van der Waals surface area contributed by atoms with Gasteiger partial charge in [0.25, 0.3) is 0 Å². The first-order valence-corrected chi connectivity index (χ1v) is 5.85. The lowest BCUT2D eigenvalue weighted by Gasteiger charge is -2.10. The van der Waals surface area contributed by atoms with E-state index in [4.69, 9.17) is 11.6 Å². The molecule has 0 saturated carbocycles. The third-order valence-electron chi connectivity index (χ3n) is 2.49. The zero-order chi connectivity index (χ0) is 11.2. The van der Waals surface area contributed by atoms with Crippen molar-refractivity contribution < 1.29 is 0 Å². The molecule has 90 valence electrons. The van der Waals surface area contributed by atoms with E-state index in [1.807, 2.05) is 36.4 Å². The second-order valence-electron chi connectivity index (χ2n) is 3.63. The molecular formula is C14H15Cl2N. The highest BCUT2D eigenvalue weighted by Crippen LogP contribution is 2.17. The van der Waals surface area contributed by atoms with Crippen molar-refractivity contribution >= 4 is 29.7 Å². The number of hydrogen-bond donors (Lipinski definition) is 1. The molecule has 0 bridgehead atoms. The van der Waals surface area contributed by atoms with E-state index in [1.54, 1.807) is 0 Å². The van der Waals surface area contributed by atoms with E-state index in [0.29, 0.717) is 5.88 Å². The Labute approximate surface area is 113 Å². The number of alkyl halides is 1. The molecule has 3 heteroatoms. The molecule has 0 fully saturated rings. The predicted molar refractivity (Wildman–Crippen MR) is 77.0 cm³/mol. The monoisotopic (exact) mass is 267 g/mol. The van der Waals surface area contributed by atoms with Gasteiger partial charge in [-0.3, -0.25) is 0 Å². The van der Waals surface area contributed by atoms with E-state index >= 15 is 0 Å². The van der Waals surface area contributed by atoms with Crippen molar-refractivity contribution in [2.45, 2.75) is 12.4 Å². The Hall–Kier alpha value is -1.18. The first-order chi connectivity index (χ1) is 7.90. The Bertz CT molecular complexity index is 443.